The highest BCUT2D eigenvalue weighted by Crippen LogP contribution is 2.36. The topological polar surface area (TPSA) is 64.7 Å². The molecule has 2 heterocycles. The van der Waals surface area contributed by atoms with E-state index >= 15 is 0 Å². The second-order valence-corrected chi connectivity index (χ2v) is 7.76. The van der Waals surface area contributed by atoms with Crippen LogP contribution in [0.25, 0.3) is 0 Å². The van der Waals surface area contributed by atoms with Gasteiger partial charge >= 0.3 is 6.18 Å². The minimum atomic E-state index is -4.69. The number of halogens is 6. The number of amides is 1. The number of nitrogens with one attached hydrogen (secondary N) is 1. The number of hydrogen-bond donors (Lipinski definition) is 1. The predicted octanol–water partition coefficient (Wildman–Crippen LogP) is 5.11. The summed E-state index contributed by atoms with van der Waals surface area (Å²) in [5.74, 6) is -0.639. The summed E-state index contributed by atoms with van der Waals surface area (Å²) < 4.78 is 41.3. The quantitative estimate of drug-likeness (QED) is 0.499. The summed E-state index contributed by atoms with van der Waals surface area (Å²) in [6.07, 6.45) is -3.06. The van der Waals surface area contributed by atoms with Crippen molar-refractivity contribution in [2.24, 2.45) is 7.05 Å². The Morgan fingerprint density at radius 1 is 1.25 bits per heavy atom. The van der Waals surface area contributed by atoms with Crippen molar-refractivity contribution in [3.63, 3.8) is 0 Å². The van der Waals surface area contributed by atoms with Crippen molar-refractivity contribution in [2.45, 2.75) is 12.7 Å². The summed E-state index contributed by atoms with van der Waals surface area (Å²) in [5, 5.41) is 10.7. The first kappa shape index (κ1) is 20.9. The second kappa shape index (κ2) is 7.88. The van der Waals surface area contributed by atoms with Crippen molar-refractivity contribution in [3.8, 4) is 0 Å². The van der Waals surface area contributed by atoms with Crippen LogP contribution in [-0.2, 0) is 19.8 Å². The molecule has 3 aromatic rings. The predicted molar refractivity (Wildman–Crippen MR) is 104 cm³/mol. The zero-order valence-corrected chi connectivity index (χ0v) is 18.0. The molecular formula is C16H11Br2ClF3N5O. The van der Waals surface area contributed by atoms with E-state index in [1.807, 2.05) is 12.1 Å². The Hall–Kier alpha value is -1.85. The standard InChI is InChI=1S/C16H11Br2ClF3N5O/c1-26-12(11(18)13(24-26)16(20,21)22)15(28)23-14-9(17)7-27(25-14)6-8-4-2-3-5-10(8)19/h2-5,7H,6H2,1H3,(H,23,25,28). The molecule has 148 valence electrons. The van der Waals surface area contributed by atoms with Crippen LogP contribution < -0.4 is 5.32 Å². The molecule has 1 N–H and O–H groups in total. The summed E-state index contributed by atoms with van der Waals surface area (Å²) >= 11 is 12.2. The molecule has 0 saturated heterocycles. The largest absolute Gasteiger partial charge is 0.436 e. The van der Waals surface area contributed by atoms with Gasteiger partial charge in [0.05, 0.1) is 15.5 Å². The monoisotopic (exact) mass is 539 g/mol. The molecule has 2 aromatic heterocycles. The average Bonchev–Trinajstić information content (AvgIpc) is 3.08. The Morgan fingerprint density at radius 3 is 2.54 bits per heavy atom. The third-order valence-corrected chi connectivity index (χ3v) is 5.41. The molecule has 1 aromatic carbocycles. The van der Waals surface area contributed by atoms with E-state index in [2.05, 4.69) is 47.4 Å². The van der Waals surface area contributed by atoms with Gasteiger partial charge in [-0.2, -0.15) is 23.4 Å². The Kier molecular flexibility index (Phi) is 5.87. The Labute approximate surface area is 178 Å². The molecule has 0 aliphatic carbocycles. The lowest BCUT2D eigenvalue weighted by Crippen LogP contribution is -2.17. The molecule has 0 unspecified atom stereocenters. The molecule has 0 bridgehead atoms. The van der Waals surface area contributed by atoms with E-state index in [0.29, 0.717) is 16.0 Å². The van der Waals surface area contributed by atoms with Gasteiger partial charge in [0.25, 0.3) is 5.91 Å². The van der Waals surface area contributed by atoms with Gasteiger partial charge in [0.2, 0.25) is 0 Å². The summed E-state index contributed by atoms with van der Waals surface area (Å²) in [7, 11) is 1.25. The Balaban J connectivity index is 1.83. The van der Waals surface area contributed by atoms with E-state index in [9.17, 15) is 18.0 Å². The van der Waals surface area contributed by atoms with E-state index in [4.69, 9.17) is 11.6 Å². The minimum absolute atomic E-state index is 0.152. The van der Waals surface area contributed by atoms with Crippen LogP contribution in [0.15, 0.2) is 39.4 Å². The maximum Gasteiger partial charge on any atom is 0.436 e. The van der Waals surface area contributed by atoms with Gasteiger partial charge in [-0.25, -0.2) is 0 Å². The van der Waals surface area contributed by atoms with E-state index in [1.54, 1.807) is 23.0 Å². The van der Waals surface area contributed by atoms with Crippen LogP contribution in [0.5, 0.6) is 0 Å². The molecule has 0 radical (unpaired) electrons. The molecule has 0 spiro atoms. The van der Waals surface area contributed by atoms with Crippen molar-refractivity contribution in [1.82, 2.24) is 19.6 Å². The lowest BCUT2D eigenvalue weighted by molar-refractivity contribution is -0.142. The van der Waals surface area contributed by atoms with Gasteiger partial charge in [-0.3, -0.25) is 14.2 Å². The smallest absolute Gasteiger partial charge is 0.303 e. The molecule has 0 fully saturated rings. The number of aromatic nitrogens is 4. The zero-order chi connectivity index (χ0) is 20.6. The Morgan fingerprint density at radius 2 is 1.93 bits per heavy atom. The van der Waals surface area contributed by atoms with Gasteiger partial charge in [0.1, 0.15) is 5.69 Å². The van der Waals surface area contributed by atoms with E-state index < -0.39 is 22.3 Å². The van der Waals surface area contributed by atoms with Crippen LogP contribution in [0.1, 0.15) is 21.7 Å². The number of carbonyl (C=O) groups is 1. The molecule has 0 saturated carbocycles. The van der Waals surface area contributed by atoms with Gasteiger partial charge in [0.15, 0.2) is 11.5 Å². The van der Waals surface area contributed by atoms with Crippen molar-refractivity contribution in [3.05, 3.63) is 61.4 Å². The van der Waals surface area contributed by atoms with Crippen molar-refractivity contribution < 1.29 is 18.0 Å². The molecule has 1 amide bonds. The molecule has 12 heteroatoms. The molecule has 6 nitrogen and oxygen atoms in total. The maximum absolute atomic E-state index is 13.0. The van der Waals surface area contributed by atoms with E-state index in [-0.39, 0.29) is 11.5 Å². The normalized spacial score (nSPS) is 11.7. The highest BCUT2D eigenvalue weighted by atomic mass is 79.9. The second-order valence-electron chi connectivity index (χ2n) is 5.70. The molecule has 0 aliphatic rings. The summed E-state index contributed by atoms with van der Waals surface area (Å²) in [4.78, 5) is 12.5. The Bertz CT molecular complexity index is 1050. The number of rotatable bonds is 4. The first-order chi connectivity index (χ1) is 13.1. The molecule has 0 aliphatic heterocycles. The number of aryl methyl sites for hydroxylation is 1. The van der Waals surface area contributed by atoms with E-state index in [1.165, 1.54) is 7.05 Å². The maximum atomic E-state index is 13.0. The van der Waals surface area contributed by atoms with Gasteiger partial charge in [-0.1, -0.05) is 29.8 Å². The zero-order valence-electron chi connectivity index (χ0n) is 14.1. The summed E-state index contributed by atoms with van der Waals surface area (Å²) in [6.45, 7) is 0.349. The summed E-state index contributed by atoms with van der Waals surface area (Å²) in [5.41, 5.74) is -0.635. The first-order valence-corrected chi connectivity index (χ1v) is 9.61. The lowest BCUT2D eigenvalue weighted by atomic mass is 10.2. The van der Waals surface area contributed by atoms with Gasteiger partial charge < -0.3 is 5.32 Å². The number of benzene rings is 1. The third kappa shape index (κ3) is 4.26. The molecular weight excluding hydrogens is 530 g/mol. The highest BCUT2D eigenvalue weighted by Gasteiger charge is 2.39. The van der Waals surface area contributed by atoms with Gasteiger partial charge in [-0.05, 0) is 43.5 Å². The van der Waals surface area contributed by atoms with Crippen LogP contribution in [-0.4, -0.2) is 25.5 Å². The SMILES string of the molecule is Cn1nc(C(F)(F)F)c(Br)c1C(=O)Nc1nn(Cc2ccccc2Cl)cc1Br. The average molecular weight is 542 g/mol. The van der Waals surface area contributed by atoms with Crippen molar-refractivity contribution >= 4 is 55.2 Å². The molecule has 3 rings (SSSR count). The fourth-order valence-electron chi connectivity index (χ4n) is 2.46. The van der Waals surface area contributed by atoms with Gasteiger partial charge in [-0.15, -0.1) is 0 Å². The van der Waals surface area contributed by atoms with Crippen molar-refractivity contribution in [1.29, 1.82) is 0 Å². The number of hydrogen-bond acceptors (Lipinski definition) is 3. The molecule has 0 atom stereocenters. The number of anilines is 1. The summed E-state index contributed by atoms with van der Waals surface area (Å²) in [6, 6.07) is 7.22. The van der Waals surface area contributed by atoms with Crippen LogP contribution in [0.3, 0.4) is 0 Å². The minimum Gasteiger partial charge on any atom is -0.303 e. The number of alkyl halides is 3. The molecule has 28 heavy (non-hydrogen) atoms. The van der Waals surface area contributed by atoms with E-state index in [0.717, 1.165) is 10.2 Å². The number of carbonyl (C=O) groups excluding carboxylic acids is 1. The van der Waals surface area contributed by atoms with Crippen LogP contribution in [0.2, 0.25) is 5.02 Å². The third-order valence-electron chi connectivity index (χ3n) is 3.71. The fourth-order valence-corrected chi connectivity index (χ4v) is 3.81. The van der Waals surface area contributed by atoms with Crippen LogP contribution in [0.4, 0.5) is 19.0 Å². The van der Waals surface area contributed by atoms with Crippen LogP contribution >= 0.6 is 43.5 Å². The van der Waals surface area contributed by atoms with Gasteiger partial charge in [0, 0.05) is 18.3 Å². The number of nitrogens with zero attached hydrogens (tertiary/aromatic N) is 4. The fraction of sp³-hybridized carbons (Fsp3) is 0.188. The lowest BCUT2D eigenvalue weighted by Gasteiger charge is -2.05. The first-order valence-electron chi connectivity index (χ1n) is 7.65. The van der Waals surface area contributed by atoms with Crippen LogP contribution in [0, 0.1) is 0 Å². The highest BCUT2D eigenvalue weighted by molar-refractivity contribution is 9.11. The van der Waals surface area contributed by atoms with Crippen molar-refractivity contribution in [2.75, 3.05) is 5.32 Å².